The highest BCUT2D eigenvalue weighted by molar-refractivity contribution is 5.76. The van der Waals surface area contributed by atoms with Crippen molar-refractivity contribution >= 4 is 17.3 Å². The van der Waals surface area contributed by atoms with E-state index in [1.54, 1.807) is 30.5 Å². The van der Waals surface area contributed by atoms with Crippen LogP contribution in [0.15, 0.2) is 47.1 Å². The summed E-state index contributed by atoms with van der Waals surface area (Å²) in [5.41, 5.74) is 0.462. The van der Waals surface area contributed by atoms with Gasteiger partial charge in [0.05, 0.1) is 11.2 Å². The summed E-state index contributed by atoms with van der Waals surface area (Å²) in [6.07, 6.45) is 2.47. The quantitative estimate of drug-likeness (QED) is 0.443. The van der Waals surface area contributed by atoms with Gasteiger partial charge in [0.2, 0.25) is 5.91 Å². The van der Waals surface area contributed by atoms with Crippen LogP contribution in [0.1, 0.15) is 12.2 Å². The van der Waals surface area contributed by atoms with Crippen LogP contribution in [0, 0.1) is 10.1 Å². The van der Waals surface area contributed by atoms with E-state index in [9.17, 15) is 14.9 Å². The zero-order chi connectivity index (χ0) is 15.8. The second-order valence-electron chi connectivity index (χ2n) is 4.63. The van der Waals surface area contributed by atoms with Gasteiger partial charge in [-0.3, -0.25) is 14.9 Å². The Hall–Kier alpha value is -2.83. The molecular formula is C15H17N3O4. The van der Waals surface area contributed by atoms with Gasteiger partial charge in [-0.15, -0.1) is 0 Å². The number of nitro benzene ring substituents is 1. The highest BCUT2D eigenvalue weighted by Gasteiger charge is 2.11. The van der Waals surface area contributed by atoms with Crippen LogP contribution in [0.2, 0.25) is 0 Å². The summed E-state index contributed by atoms with van der Waals surface area (Å²) in [4.78, 5) is 22.0. The molecule has 1 amide bonds. The Labute approximate surface area is 127 Å². The molecule has 0 unspecified atom stereocenters. The third-order valence-electron chi connectivity index (χ3n) is 3.04. The summed E-state index contributed by atoms with van der Waals surface area (Å²) >= 11 is 0. The number of para-hydroxylation sites is 2. The van der Waals surface area contributed by atoms with Crippen LogP contribution in [0.3, 0.4) is 0 Å². The van der Waals surface area contributed by atoms with Gasteiger partial charge in [0.15, 0.2) is 0 Å². The number of nitro groups is 1. The number of carbonyl (C=O) groups is 1. The van der Waals surface area contributed by atoms with Gasteiger partial charge in [0.25, 0.3) is 5.69 Å². The third kappa shape index (κ3) is 4.62. The van der Waals surface area contributed by atoms with E-state index in [1.165, 1.54) is 6.07 Å². The molecule has 2 rings (SSSR count). The summed E-state index contributed by atoms with van der Waals surface area (Å²) in [7, 11) is 0. The summed E-state index contributed by atoms with van der Waals surface area (Å²) in [5, 5.41) is 16.5. The number of nitrogens with zero attached hydrogens (tertiary/aromatic N) is 1. The van der Waals surface area contributed by atoms with E-state index in [2.05, 4.69) is 10.6 Å². The molecule has 7 heteroatoms. The number of carbonyl (C=O) groups excluding carboxylic acids is 1. The number of nitrogens with one attached hydrogen (secondary N) is 2. The molecule has 0 aliphatic rings. The molecule has 0 aliphatic carbocycles. The van der Waals surface area contributed by atoms with Crippen molar-refractivity contribution in [3.8, 4) is 0 Å². The maximum absolute atomic E-state index is 11.6. The van der Waals surface area contributed by atoms with E-state index in [4.69, 9.17) is 4.42 Å². The van der Waals surface area contributed by atoms with Gasteiger partial charge in [0, 0.05) is 32.0 Å². The molecule has 2 aromatic rings. The third-order valence-corrected chi connectivity index (χ3v) is 3.04. The minimum Gasteiger partial charge on any atom is -0.469 e. The molecule has 0 saturated heterocycles. The molecule has 0 saturated carbocycles. The Bertz CT molecular complexity index is 625. The molecule has 0 atom stereocenters. The van der Waals surface area contributed by atoms with E-state index in [0.29, 0.717) is 31.6 Å². The fraction of sp³-hybridized carbons (Fsp3) is 0.267. The van der Waals surface area contributed by atoms with Crippen LogP contribution >= 0.6 is 0 Å². The van der Waals surface area contributed by atoms with Gasteiger partial charge in [-0.05, 0) is 18.2 Å². The lowest BCUT2D eigenvalue weighted by atomic mass is 10.2. The molecule has 0 radical (unpaired) electrons. The lowest BCUT2D eigenvalue weighted by molar-refractivity contribution is -0.384. The molecule has 22 heavy (non-hydrogen) atoms. The minimum atomic E-state index is -0.440. The average molecular weight is 303 g/mol. The van der Waals surface area contributed by atoms with Gasteiger partial charge in [-0.1, -0.05) is 12.1 Å². The number of rotatable bonds is 8. The Morgan fingerprint density at radius 3 is 2.73 bits per heavy atom. The number of amides is 1. The minimum absolute atomic E-state index is 0.0200. The summed E-state index contributed by atoms with van der Waals surface area (Å²) < 4.78 is 5.15. The molecule has 7 nitrogen and oxygen atoms in total. The predicted molar refractivity (Wildman–Crippen MR) is 81.6 cm³/mol. The molecule has 0 aliphatic heterocycles. The lowest BCUT2D eigenvalue weighted by Gasteiger charge is -2.08. The van der Waals surface area contributed by atoms with Gasteiger partial charge >= 0.3 is 0 Å². The smallest absolute Gasteiger partial charge is 0.292 e. The van der Waals surface area contributed by atoms with Crippen molar-refractivity contribution in [2.24, 2.45) is 0 Å². The monoisotopic (exact) mass is 303 g/mol. The highest BCUT2D eigenvalue weighted by Crippen LogP contribution is 2.22. The molecular weight excluding hydrogens is 286 g/mol. The molecule has 0 spiro atoms. The van der Waals surface area contributed by atoms with Crippen molar-refractivity contribution in [3.05, 3.63) is 58.5 Å². The second kappa shape index (κ2) is 7.82. The highest BCUT2D eigenvalue weighted by atomic mass is 16.6. The Morgan fingerprint density at radius 2 is 2.00 bits per heavy atom. The number of furan rings is 1. The van der Waals surface area contributed by atoms with E-state index in [1.807, 2.05) is 6.07 Å². The molecule has 1 aromatic carbocycles. The SMILES string of the molecule is O=C(CCc1ccco1)NCCNc1ccccc1[N+](=O)[O-]. The largest absolute Gasteiger partial charge is 0.469 e. The van der Waals surface area contributed by atoms with Gasteiger partial charge in [-0.25, -0.2) is 0 Å². The zero-order valence-electron chi connectivity index (χ0n) is 12.0. The fourth-order valence-electron chi connectivity index (χ4n) is 1.96. The second-order valence-corrected chi connectivity index (χ2v) is 4.63. The van der Waals surface area contributed by atoms with Crippen molar-refractivity contribution in [1.82, 2.24) is 5.32 Å². The van der Waals surface area contributed by atoms with Crippen LogP contribution in [0.25, 0.3) is 0 Å². The van der Waals surface area contributed by atoms with Crippen molar-refractivity contribution in [2.75, 3.05) is 18.4 Å². The first-order chi connectivity index (χ1) is 10.7. The van der Waals surface area contributed by atoms with E-state index < -0.39 is 4.92 Å². The number of aryl methyl sites for hydroxylation is 1. The van der Waals surface area contributed by atoms with Crippen LogP contribution in [-0.4, -0.2) is 23.9 Å². The van der Waals surface area contributed by atoms with Gasteiger partial charge < -0.3 is 15.1 Å². The topological polar surface area (TPSA) is 97.4 Å². The van der Waals surface area contributed by atoms with Crippen molar-refractivity contribution in [1.29, 1.82) is 0 Å². The van der Waals surface area contributed by atoms with Gasteiger partial charge in [-0.2, -0.15) is 0 Å². The Balaban J connectivity index is 1.68. The van der Waals surface area contributed by atoms with Crippen LogP contribution in [-0.2, 0) is 11.2 Å². The van der Waals surface area contributed by atoms with Gasteiger partial charge in [0.1, 0.15) is 11.4 Å². The summed E-state index contributed by atoms with van der Waals surface area (Å²) in [6, 6.07) is 10.0. The van der Waals surface area contributed by atoms with Crippen molar-refractivity contribution < 1.29 is 14.1 Å². The lowest BCUT2D eigenvalue weighted by Crippen LogP contribution is -2.28. The first-order valence-electron chi connectivity index (χ1n) is 6.93. The number of hydrogen-bond donors (Lipinski definition) is 2. The Kier molecular flexibility index (Phi) is 5.53. The standard InChI is InChI=1S/C15H17N3O4/c19-15(8-7-12-4-3-11-22-12)17-10-9-16-13-5-1-2-6-14(13)18(20)21/h1-6,11,16H,7-10H2,(H,17,19). The normalized spacial score (nSPS) is 10.2. The molecule has 2 N–H and O–H groups in total. The molecule has 0 bridgehead atoms. The van der Waals surface area contributed by atoms with E-state index in [0.717, 1.165) is 5.76 Å². The van der Waals surface area contributed by atoms with Crippen molar-refractivity contribution in [3.63, 3.8) is 0 Å². The van der Waals surface area contributed by atoms with E-state index >= 15 is 0 Å². The first kappa shape index (κ1) is 15.6. The van der Waals surface area contributed by atoms with Crippen LogP contribution in [0.4, 0.5) is 11.4 Å². The maximum Gasteiger partial charge on any atom is 0.292 e. The number of benzene rings is 1. The number of anilines is 1. The molecule has 0 fully saturated rings. The molecule has 1 aromatic heterocycles. The molecule has 1 heterocycles. The first-order valence-corrected chi connectivity index (χ1v) is 6.93. The van der Waals surface area contributed by atoms with Crippen LogP contribution < -0.4 is 10.6 Å². The summed E-state index contributed by atoms with van der Waals surface area (Å²) in [5.74, 6) is 0.689. The predicted octanol–water partition coefficient (Wildman–Crippen LogP) is 2.35. The maximum atomic E-state index is 11.6. The van der Waals surface area contributed by atoms with Crippen LogP contribution in [0.5, 0.6) is 0 Å². The summed E-state index contributed by atoms with van der Waals surface area (Å²) in [6.45, 7) is 0.806. The average Bonchev–Trinajstić information content (AvgIpc) is 3.03. The Morgan fingerprint density at radius 1 is 1.18 bits per heavy atom. The number of hydrogen-bond acceptors (Lipinski definition) is 5. The van der Waals surface area contributed by atoms with Crippen molar-refractivity contribution in [2.45, 2.75) is 12.8 Å². The molecule has 116 valence electrons. The van der Waals surface area contributed by atoms with E-state index in [-0.39, 0.29) is 11.6 Å². The zero-order valence-corrected chi connectivity index (χ0v) is 12.0. The fourth-order valence-corrected chi connectivity index (χ4v) is 1.96.